The highest BCUT2D eigenvalue weighted by Gasteiger charge is 2.33. The van der Waals surface area contributed by atoms with Crippen LogP contribution >= 0.6 is 0 Å². The summed E-state index contributed by atoms with van der Waals surface area (Å²) in [5, 5.41) is 0. The monoisotopic (exact) mass is 469 g/mol. The number of nitrogens with zero attached hydrogens (tertiary/aromatic N) is 5. The number of rotatable bonds is 4. The predicted octanol–water partition coefficient (Wildman–Crippen LogP) is 4.07. The number of carbonyl (C=O) groups excluding carboxylic acids is 2. The lowest BCUT2D eigenvalue weighted by molar-refractivity contribution is -0.117. The molecule has 34 heavy (non-hydrogen) atoms. The third-order valence-corrected chi connectivity index (χ3v) is 6.70. The summed E-state index contributed by atoms with van der Waals surface area (Å²) >= 11 is 0. The second-order valence-electron chi connectivity index (χ2n) is 8.74. The van der Waals surface area contributed by atoms with Crippen LogP contribution in [0.1, 0.15) is 62.4 Å². The van der Waals surface area contributed by atoms with Crippen molar-refractivity contribution in [2.24, 2.45) is 0 Å². The summed E-state index contributed by atoms with van der Waals surface area (Å²) in [5.74, 6) is -0.293. The van der Waals surface area contributed by atoms with Crippen molar-refractivity contribution in [2.75, 3.05) is 31.1 Å². The number of halogens is 1. The van der Waals surface area contributed by atoms with Gasteiger partial charge in [-0.3, -0.25) is 9.59 Å². The minimum Gasteiger partial charge on any atom is -0.338 e. The highest BCUT2D eigenvalue weighted by atomic mass is 19.1. The Morgan fingerprint density at radius 2 is 1.62 bits per heavy atom. The molecule has 0 radical (unpaired) electrons. The fraction of sp³-hybridized carbons (Fsp3) is 0.538. The molecule has 0 saturated carbocycles. The number of hydrogen-bond acceptors (Lipinski definition) is 5. The Kier molecular flexibility index (Phi) is 9.10. The summed E-state index contributed by atoms with van der Waals surface area (Å²) in [6, 6.07) is 5.18. The topological polar surface area (TPSA) is 69.6 Å². The van der Waals surface area contributed by atoms with Gasteiger partial charge in [0.15, 0.2) is 0 Å². The van der Waals surface area contributed by atoms with Crippen molar-refractivity contribution in [3.63, 3.8) is 0 Å². The van der Waals surface area contributed by atoms with Crippen molar-refractivity contribution in [3.8, 4) is 0 Å². The maximum atomic E-state index is 13.5. The van der Waals surface area contributed by atoms with Crippen LogP contribution in [0.15, 0.2) is 36.9 Å². The molecule has 2 amide bonds. The maximum absolute atomic E-state index is 13.5. The van der Waals surface area contributed by atoms with Crippen LogP contribution in [0.2, 0.25) is 0 Å². The van der Waals surface area contributed by atoms with Crippen LogP contribution in [0.25, 0.3) is 0 Å². The molecule has 0 N–H and O–H groups in total. The molecule has 0 atom stereocenters. The van der Waals surface area contributed by atoms with E-state index < -0.39 is 0 Å². The number of aryl methyl sites for hydroxylation is 1. The van der Waals surface area contributed by atoms with Crippen LogP contribution < -0.4 is 4.90 Å². The van der Waals surface area contributed by atoms with Crippen molar-refractivity contribution >= 4 is 17.5 Å². The quantitative estimate of drug-likeness (QED) is 0.675. The van der Waals surface area contributed by atoms with Gasteiger partial charge in [-0.2, -0.15) is 0 Å². The van der Waals surface area contributed by atoms with E-state index >= 15 is 0 Å². The fourth-order valence-electron chi connectivity index (χ4n) is 5.05. The number of carbonyl (C=O) groups is 2. The molecule has 0 aliphatic carbocycles. The second-order valence-corrected chi connectivity index (χ2v) is 8.74. The van der Waals surface area contributed by atoms with E-state index in [0.29, 0.717) is 11.6 Å². The summed E-state index contributed by atoms with van der Waals surface area (Å²) in [7, 11) is 0. The molecule has 184 valence electrons. The van der Waals surface area contributed by atoms with Gasteiger partial charge in [0.25, 0.3) is 5.91 Å². The molecule has 0 spiro atoms. The third kappa shape index (κ3) is 5.97. The molecule has 2 aliphatic rings. The van der Waals surface area contributed by atoms with E-state index in [-0.39, 0.29) is 23.7 Å². The van der Waals surface area contributed by atoms with E-state index in [4.69, 9.17) is 0 Å². The Labute approximate surface area is 202 Å². The van der Waals surface area contributed by atoms with Gasteiger partial charge in [0.05, 0.1) is 5.56 Å². The van der Waals surface area contributed by atoms with E-state index in [0.717, 1.165) is 63.1 Å². The average Bonchev–Trinajstić information content (AvgIpc) is 2.87. The van der Waals surface area contributed by atoms with E-state index in [1.165, 1.54) is 18.5 Å². The van der Waals surface area contributed by atoms with Crippen molar-refractivity contribution < 1.29 is 14.0 Å². The largest absolute Gasteiger partial charge is 0.338 e. The van der Waals surface area contributed by atoms with Crippen molar-refractivity contribution in [1.82, 2.24) is 19.8 Å². The highest BCUT2D eigenvalue weighted by molar-refractivity contribution is 5.94. The molecular formula is C26H36FN5O2. The zero-order chi connectivity index (χ0) is 24.7. The first-order valence-corrected chi connectivity index (χ1v) is 12.3. The first-order chi connectivity index (χ1) is 16.4. The lowest BCUT2D eigenvalue weighted by Gasteiger charge is -2.44. The average molecular weight is 470 g/mol. The molecule has 0 bridgehead atoms. The zero-order valence-corrected chi connectivity index (χ0v) is 20.7. The number of amides is 2. The summed E-state index contributed by atoms with van der Waals surface area (Å²) in [4.78, 5) is 39.2. The molecule has 1 aromatic heterocycles. The van der Waals surface area contributed by atoms with Crippen LogP contribution in [0.3, 0.4) is 0 Å². The van der Waals surface area contributed by atoms with Gasteiger partial charge < -0.3 is 14.7 Å². The molecule has 8 heteroatoms. The van der Waals surface area contributed by atoms with Gasteiger partial charge in [0.2, 0.25) is 5.91 Å². The van der Waals surface area contributed by atoms with Crippen LogP contribution in [0, 0.1) is 12.7 Å². The molecule has 2 aliphatic heterocycles. The Balaban J connectivity index is 0.00000158. The lowest BCUT2D eigenvalue weighted by Crippen LogP contribution is -2.52. The SMILES string of the molecule is CC.CC(=O)N(c1ccc(F)cc1C)C1CCN(C2CCN(C(=O)c3cncnc3)CC2)CC1. The predicted molar refractivity (Wildman–Crippen MR) is 131 cm³/mol. The number of piperidine rings is 2. The highest BCUT2D eigenvalue weighted by Crippen LogP contribution is 2.29. The molecule has 4 rings (SSSR count). The standard InChI is InChI=1S/C24H30FN5O2.C2H6/c1-17-13-20(25)3-4-23(17)30(18(2)31)22-7-9-28(10-8-22)21-5-11-29(12-6-21)24(32)19-14-26-16-27-15-19;1-2/h3-4,13-16,21-22H,5-12H2,1-2H3;1-2H3. The van der Waals surface area contributed by atoms with Crippen LogP contribution in [0.5, 0.6) is 0 Å². The van der Waals surface area contributed by atoms with Gasteiger partial charge in [-0.15, -0.1) is 0 Å². The molecule has 2 fully saturated rings. The van der Waals surface area contributed by atoms with Crippen LogP contribution in [-0.4, -0.2) is 69.8 Å². The van der Waals surface area contributed by atoms with E-state index in [2.05, 4.69) is 14.9 Å². The molecular weight excluding hydrogens is 433 g/mol. The van der Waals surface area contributed by atoms with Crippen molar-refractivity contribution in [3.05, 3.63) is 53.9 Å². The van der Waals surface area contributed by atoms with Crippen molar-refractivity contribution in [1.29, 1.82) is 0 Å². The summed E-state index contributed by atoms with van der Waals surface area (Å²) in [5.41, 5.74) is 2.12. The first kappa shape index (κ1) is 25.7. The minimum atomic E-state index is -0.283. The Morgan fingerprint density at radius 1 is 1.00 bits per heavy atom. The van der Waals surface area contributed by atoms with Gasteiger partial charge >= 0.3 is 0 Å². The van der Waals surface area contributed by atoms with Crippen LogP contribution in [-0.2, 0) is 4.79 Å². The molecule has 2 aromatic rings. The van der Waals surface area contributed by atoms with Crippen molar-refractivity contribution in [2.45, 2.75) is 65.5 Å². The first-order valence-electron chi connectivity index (χ1n) is 12.3. The smallest absolute Gasteiger partial charge is 0.256 e. The zero-order valence-electron chi connectivity index (χ0n) is 20.7. The molecule has 3 heterocycles. The number of benzene rings is 1. The fourth-order valence-corrected chi connectivity index (χ4v) is 5.05. The normalized spacial score (nSPS) is 17.6. The maximum Gasteiger partial charge on any atom is 0.256 e. The Morgan fingerprint density at radius 3 is 2.18 bits per heavy atom. The van der Waals surface area contributed by atoms with Gasteiger partial charge in [0, 0.05) is 63.3 Å². The van der Waals surface area contributed by atoms with E-state index in [1.807, 2.05) is 30.6 Å². The molecule has 1 aromatic carbocycles. The number of hydrogen-bond donors (Lipinski definition) is 0. The van der Waals surface area contributed by atoms with Gasteiger partial charge in [-0.25, -0.2) is 14.4 Å². The molecule has 7 nitrogen and oxygen atoms in total. The van der Waals surface area contributed by atoms with Gasteiger partial charge in [-0.05, 0) is 56.4 Å². The number of aromatic nitrogens is 2. The molecule has 0 unspecified atom stereocenters. The summed E-state index contributed by atoms with van der Waals surface area (Å²) in [6.45, 7) is 10.7. The Bertz CT molecular complexity index is 955. The summed E-state index contributed by atoms with van der Waals surface area (Å²) < 4.78 is 13.5. The van der Waals surface area contributed by atoms with E-state index in [9.17, 15) is 14.0 Å². The number of anilines is 1. The lowest BCUT2D eigenvalue weighted by atomic mass is 9.96. The van der Waals surface area contributed by atoms with Crippen LogP contribution in [0.4, 0.5) is 10.1 Å². The number of likely N-dealkylation sites (tertiary alicyclic amines) is 2. The summed E-state index contributed by atoms with van der Waals surface area (Å²) in [6.07, 6.45) is 8.21. The molecule has 2 saturated heterocycles. The second kappa shape index (κ2) is 12.0. The van der Waals surface area contributed by atoms with Gasteiger partial charge in [0.1, 0.15) is 12.1 Å². The Hall–Kier alpha value is -2.87. The third-order valence-electron chi connectivity index (χ3n) is 6.70. The van der Waals surface area contributed by atoms with Gasteiger partial charge in [-0.1, -0.05) is 13.8 Å². The van der Waals surface area contributed by atoms with E-state index in [1.54, 1.807) is 25.4 Å². The minimum absolute atomic E-state index is 0.00475.